The van der Waals surface area contributed by atoms with Crippen LogP contribution in [0.25, 0.3) is 0 Å². The molecule has 0 amide bonds. The zero-order chi connectivity index (χ0) is 21.7. The van der Waals surface area contributed by atoms with Crippen molar-refractivity contribution in [1.29, 1.82) is 0 Å². The normalized spacial score (nSPS) is 26.9. The Balaban J connectivity index is 1.70. The van der Waals surface area contributed by atoms with E-state index in [1.165, 1.54) is 35.3 Å². The molecule has 0 saturated carbocycles. The molecule has 3 rings (SSSR count). The number of piperazine rings is 1. The van der Waals surface area contributed by atoms with Crippen LogP contribution in [-0.4, -0.2) is 83.4 Å². The van der Waals surface area contributed by atoms with Crippen molar-refractivity contribution < 1.29 is 10.2 Å². The lowest BCUT2D eigenvalue weighted by Crippen LogP contribution is -2.53. The second-order valence-corrected chi connectivity index (χ2v) is 9.70. The van der Waals surface area contributed by atoms with Gasteiger partial charge in [-0.1, -0.05) is 38.0 Å². The van der Waals surface area contributed by atoms with Gasteiger partial charge in [0.05, 0.1) is 12.7 Å². The number of aliphatic hydroxyl groups is 2. The molecule has 0 aliphatic carbocycles. The van der Waals surface area contributed by atoms with Gasteiger partial charge in [-0.25, -0.2) is 0 Å². The van der Waals surface area contributed by atoms with Crippen LogP contribution in [-0.2, 0) is 13.1 Å². The monoisotopic (exact) mass is 417 g/mol. The minimum absolute atomic E-state index is 0.0697. The lowest BCUT2D eigenvalue weighted by Gasteiger charge is -2.45. The third-order valence-electron chi connectivity index (χ3n) is 7.49. The predicted molar refractivity (Wildman–Crippen MR) is 124 cm³/mol. The number of nitrogens with zero attached hydrogens (tertiary/aromatic N) is 3. The van der Waals surface area contributed by atoms with Crippen molar-refractivity contribution in [2.75, 3.05) is 52.4 Å². The predicted octanol–water partition coefficient (Wildman–Crippen LogP) is 2.79. The Kier molecular flexibility index (Phi) is 8.33. The highest BCUT2D eigenvalue weighted by Crippen LogP contribution is 2.35. The summed E-state index contributed by atoms with van der Waals surface area (Å²) < 4.78 is 0. The van der Waals surface area contributed by atoms with E-state index in [4.69, 9.17) is 0 Å². The number of aliphatic hydroxyl groups excluding tert-OH is 2. The zero-order valence-corrected chi connectivity index (χ0v) is 19.7. The lowest BCUT2D eigenvalue weighted by molar-refractivity contribution is -0.0820. The van der Waals surface area contributed by atoms with Gasteiger partial charge in [0.2, 0.25) is 0 Å². The molecule has 170 valence electrons. The Labute approximate surface area is 183 Å². The fourth-order valence-electron chi connectivity index (χ4n) is 5.44. The molecule has 2 heterocycles. The Bertz CT molecular complexity index is 687. The van der Waals surface area contributed by atoms with Crippen molar-refractivity contribution in [1.82, 2.24) is 14.7 Å². The second kappa shape index (κ2) is 10.6. The van der Waals surface area contributed by atoms with Gasteiger partial charge in [0, 0.05) is 57.8 Å². The SMILES string of the molecule is CCC[C@@]1(CO)CN(Cc2cc(C)cc(CN3CCN(CC)CC3)c2C)CC[C@@H]1O. The number of likely N-dealkylation sites (tertiary alicyclic amines) is 1. The van der Waals surface area contributed by atoms with Gasteiger partial charge < -0.3 is 15.1 Å². The Morgan fingerprint density at radius 3 is 2.10 bits per heavy atom. The van der Waals surface area contributed by atoms with Crippen LogP contribution in [0.15, 0.2) is 12.1 Å². The molecule has 0 spiro atoms. The highest BCUT2D eigenvalue weighted by molar-refractivity contribution is 5.38. The molecule has 0 aromatic heterocycles. The van der Waals surface area contributed by atoms with E-state index < -0.39 is 6.10 Å². The van der Waals surface area contributed by atoms with E-state index in [-0.39, 0.29) is 12.0 Å². The van der Waals surface area contributed by atoms with Gasteiger partial charge in [0.1, 0.15) is 0 Å². The van der Waals surface area contributed by atoms with E-state index in [9.17, 15) is 10.2 Å². The number of likely N-dealkylation sites (N-methyl/N-ethyl adjacent to an activating group) is 1. The molecule has 1 aromatic rings. The molecule has 1 aromatic carbocycles. The molecule has 2 aliphatic rings. The molecule has 0 radical (unpaired) electrons. The van der Waals surface area contributed by atoms with Crippen molar-refractivity contribution in [3.8, 4) is 0 Å². The summed E-state index contributed by atoms with van der Waals surface area (Å²) in [7, 11) is 0. The number of rotatable bonds is 8. The van der Waals surface area contributed by atoms with E-state index in [1.54, 1.807) is 0 Å². The fraction of sp³-hybridized carbons (Fsp3) is 0.760. The topological polar surface area (TPSA) is 50.2 Å². The van der Waals surface area contributed by atoms with Gasteiger partial charge in [-0.15, -0.1) is 0 Å². The summed E-state index contributed by atoms with van der Waals surface area (Å²) in [5.41, 5.74) is 5.23. The average Bonchev–Trinajstić information content (AvgIpc) is 2.74. The molecule has 5 heteroatoms. The summed E-state index contributed by atoms with van der Waals surface area (Å²) >= 11 is 0. The van der Waals surface area contributed by atoms with Crippen LogP contribution in [0.5, 0.6) is 0 Å². The average molecular weight is 418 g/mol. The molecular weight excluding hydrogens is 374 g/mol. The van der Waals surface area contributed by atoms with Crippen LogP contribution in [0.2, 0.25) is 0 Å². The van der Waals surface area contributed by atoms with E-state index in [0.717, 1.165) is 65.1 Å². The van der Waals surface area contributed by atoms with Gasteiger partial charge in [0.15, 0.2) is 0 Å². The first-order valence-electron chi connectivity index (χ1n) is 12.0. The number of piperidine rings is 1. The van der Waals surface area contributed by atoms with Crippen LogP contribution in [0.1, 0.15) is 55.4 Å². The van der Waals surface area contributed by atoms with Crippen LogP contribution < -0.4 is 0 Å². The van der Waals surface area contributed by atoms with Crippen LogP contribution in [0, 0.1) is 19.3 Å². The molecule has 2 saturated heterocycles. The molecule has 30 heavy (non-hydrogen) atoms. The molecule has 2 fully saturated rings. The maximum atomic E-state index is 10.6. The first-order valence-corrected chi connectivity index (χ1v) is 12.0. The van der Waals surface area contributed by atoms with Crippen molar-refractivity contribution in [2.24, 2.45) is 5.41 Å². The standard InChI is InChI=1S/C25H43N3O2/c1-5-8-25(19-29)18-28(9-7-24(25)30)17-23-15-20(3)14-22(21(23)4)16-27-12-10-26(6-2)11-13-27/h14-15,24,29-30H,5-13,16-19H2,1-4H3/t24-,25-/m0/s1. The maximum Gasteiger partial charge on any atom is 0.0642 e. The number of hydrogen-bond donors (Lipinski definition) is 2. The smallest absolute Gasteiger partial charge is 0.0642 e. The van der Waals surface area contributed by atoms with Crippen molar-refractivity contribution in [3.05, 3.63) is 34.4 Å². The van der Waals surface area contributed by atoms with Gasteiger partial charge in [-0.05, 0) is 49.9 Å². The van der Waals surface area contributed by atoms with Gasteiger partial charge in [-0.3, -0.25) is 9.80 Å². The van der Waals surface area contributed by atoms with Crippen LogP contribution in [0.3, 0.4) is 0 Å². The van der Waals surface area contributed by atoms with Crippen molar-refractivity contribution in [3.63, 3.8) is 0 Å². The minimum Gasteiger partial charge on any atom is -0.396 e. The molecule has 2 aliphatic heterocycles. The maximum absolute atomic E-state index is 10.6. The summed E-state index contributed by atoms with van der Waals surface area (Å²) in [6.07, 6.45) is 2.22. The molecule has 2 N–H and O–H groups in total. The minimum atomic E-state index is -0.394. The Hall–Kier alpha value is -0.980. The Morgan fingerprint density at radius 2 is 1.53 bits per heavy atom. The van der Waals surface area contributed by atoms with E-state index >= 15 is 0 Å². The van der Waals surface area contributed by atoms with Crippen LogP contribution in [0.4, 0.5) is 0 Å². The summed E-state index contributed by atoms with van der Waals surface area (Å²) in [6.45, 7) is 18.3. The summed E-state index contributed by atoms with van der Waals surface area (Å²) in [6, 6.07) is 4.69. The highest BCUT2D eigenvalue weighted by atomic mass is 16.3. The van der Waals surface area contributed by atoms with Crippen molar-refractivity contribution >= 4 is 0 Å². The fourth-order valence-corrected chi connectivity index (χ4v) is 5.44. The quantitative estimate of drug-likeness (QED) is 0.681. The zero-order valence-electron chi connectivity index (χ0n) is 19.7. The number of hydrogen-bond acceptors (Lipinski definition) is 5. The highest BCUT2D eigenvalue weighted by Gasteiger charge is 2.41. The third-order valence-corrected chi connectivity index (χ3v) is 7.49. The first-order chi connectivity index (χ1) is 14.4. The summed E-state index contributed by atoms with van der Waals surface area (Å²) in [4.78, 5) is 7.57. The van der Waals surface area contributed by atoms with E-state index in [2.05, 4.69) is 54.5 Å². The molecule has 0 bridgehead atoms. The van der Waals surface area contributed by atoms with Gasteiger partial charge in [0.25, 0.3) is 0 Å². The third kappa shape index (κ3) is 5.43. The molecule has 2 atom stereocenters. The molecular formula is C25H43N3O2. The van der Waals surface area contributed by atoms with E-state index in [0.29, 0.717) is 0 Å². The summed E-state index contributed by atoms with van der Waals surface area (Å²) in [5.74, 6) is 0. The Morgan fingerprint density at radius 1 is 0.933 bits per heavy atom. The van der Waals surface area contributed by atoms with Crippen molar-refractivity contribution in [2.45, 2.75) is 66.2 Å². The number of benzene rings is 1. The largest absolute Gasteiger partial charge is 0.396 e. The molecule has 0 unspecified atom stereocenters. The number of aryl methyl sites for hydroxylation is 1. The van der Waals surface area contributed by atoms with E-state index in [1.807, 2.05) is 0 Å². The summed E-state index contributed by atoms with van der Waals surface area (Å²) in [5, 5.41) is 20.7. The lowest BCUT2D eigenvalue weighted by atomic mass is 9.74. The van der Waals surface area contributed by atoms with Gasteiger partial charge >= 0.3 is 0 Å². The molecule has 5 nitrogen and oxygen atoms in total. The second-order valence-electron chi connectivity index (χ2n) is 9.70. The van der Waals surface area contributed by atoms with Crippen LogP contribution >= 0.6 is 0 Å². The van der Waals surface area contributed by atoms with Gasteiger partial charge in [-0.2, -0.15) is 0 Å². The first kappa shape index (κ1) is 23.7.